The number of rotatable bonds is 5. The van der Waals surface area contributed by atoms with Crippen LogP contribution in [0.3, 0.4) is 0 Å². The summed E-state index contributed by atoms with van der Waals surface area (Å²) in [6, 6.07) is 6.24. The number of ether oxygens (including phenoxy) is 3. The van der Waals surface area contributed by atoms with Crippen LogP contribution < -0.4 is 14.8 Å². The minimum Gasteiger partial charge on any atom is -0.454 e. The molecule has 7 nitrogen and oxygen atoms in total. The number of hydrogen-bond donors (Lipinski definition) is 1. The maximum absolute atomic E-state index is 5.70. The maximum Gasteiger partial charge on any atom is 0.231 e. The highest BCUT2D eigenvalue weighted by Crippen LogP contribution is 2.32. The third kappa shape index (κ3) is 4.65. The van der Waals surface area contributed by atoms with E-state index in [9.17, 15) is 0 Å². The molecule has 3 heterocycles. The predicted molar refractivity (Wildman–Crippen MR) is 104 cm³/mol. The van der Waals surface area contributed by atoms with Crippen molar-refractivity contribution in [1.82, 2.24) is 15.1 Å². The molecule has 7 heteroatoms. The molecule has 148 valence electrons. The Kier molecular flexibility index (Phi) is 5.99. The van der Waals surface area contributed by atoms with E-state index in [-0.39, 0.29) is 0 Å². The van der Waals surface area contributed by atoms with E-state index in [0.717, 1.165) is 82.7 Å². The number of hydrogen-bond acceptors (Lipinski definition) is 5. The minimum absolute atomic E-state index is 0.297. The number of nitrogens with zero attached hydrogens (tertiary/aromatic N) is 3. The topological polar surface area (TPSA) is 58.6 Å². The van der Waals surface area contributed by atoms with Gasteiger partial charge < -0.3 is 24.4 Å². The van der Waals surface area contributed by atoms with E-state index in [4.69, 9.17) is 19.2 Å². The summed E-state index contributed by atoms with van der Waals surface area (Å²) >= 11 is 0. The molecule has 1 atom stereocenters. The molecular weight excluding hydrogens is 344 g/mol. The van der Waals surface area contributed by atoms with Crippen LogP contribution in [-0.4, -0.2) is 74.5 Å². The molecule has 1 aromatic rings. The van der Waals surface area contributed by atoms with Gasteiger partial charge in [0.25, 0.3) is 0 Å². The zero-order valence-electron chi connectivity index (χ0n) is 16.2. The minimum atomic E-state index is 0.297. The van der Waals surface area contributed by atoms with E-state index >= 15 is 0 Å². The first kappa shape index (κ1) is 18.4. The van der Waals surface area contributed by atoms with Crippen LogP contribution in [-0.2, 0) is 11.3 Å². The highest BCUT2D eigenvalue weighted by molar-refractivity contribution is 5.80. The van der Waals surface area contributed by atoms with Gasteiger partial charge in [-0.05, 0) is 37.5 Å². The number of aliphatic imine (C=N–C) groups is 1. The zero-order valence-corrected chi connectivity index (χ0v) is 16.2. The SMILES string of the molecule is CCNC(=NCC1CCCO1)N1CCN(Cc2ccc3c(c2)OCO3)CC1. The van der Waals surface area contributed by atoms with Gasteiger partial charge in [-0.1, -0.05) is 6.07 Å². The second-order valence-electron chi connectivity index (χ2n) is 7.28. The monoisotopic (exact) mass is 374 g/mol. The second-order valence-corrected chi connectivity index (χ2v) is 7.28. The maximum atomic E-state index is 5.70. The summed E-state index contributed by atoms with van der Waals surface area (Å²) in [6.07, 6.45) is 2.59. The molecule has 0 amide bonds. The summed E-state index contributed by atoms with van der Waals surface area (Å²) in [5.74, 6) is 2.74. The lowest BCUT2D eigenvalue weighted by Gasteiger charge is -2.36. The van der Waals surface area contributed by atoms with Gasteiger partial charge in [-0.15, -0.1) is 0 Å². The molecule has 3 aliphatic heterocycles. The molecular formula is C20H30N4O3. The average molecular weight is 374 g/mol. The molecule has 1 N–H and O–H groups in total. The fourth-order valence-electron chi connectivity index (χ4n) is 3.82. The van der Waals surface area contributed by atoms with Crippen LogP contribution in [0.2, 0.25) is 0 Å². The van der Waals surface area contributed by atoms with Gasteiger partial charge >= 0.3 is 0 Å². The van der Waals surface area contributed by atoms with Gasteiger partial charge in [0.1, 0.15) is 0 Å². The summed E-state index contributed by atoms with van der Waals surface area (Å²) in [4.78, 5) is 9.68. The molecule has 0 aliphatic carbocycles. The third-order valence-corrected chi connectivity index (χ3v) is 5.32. The van der Waals surface area contributed by atoms with E-state index in [0.29, 0.717) is 12.9 Å². The van der Waals surface area contributed by atoms with Crippen molar-refractivity contribution < 1.29 is 14.2 Å². The van der Waals surface area contributed by atoms with Crippen molar-refractivity contribution in [1.29, 1.82) is 0 Å². The summed E-state index contributed by atoms with van der Waals surface area (Å²) in [6.45, 7) is 9.96. The van der Waals surface area contributed by atoms with Gasteiger partial charge in [-0.3, -0.25) is 9.89 Å². The Morgan fingerprint density at radius 2 is 2.04 bits per heavy atom. The third-order valence-electron chi connectivity index (χ3n) is 5.32. The second kappa shape index (κ2) is 8.80. The molecule has 0 radical (unpaired) electrons. The molecule has 0 bridgehead atoms. The average Bonchev–Trinajstić information content (AvgIpc) is 3.37. The van der Waals surface area contributed by atoms with E-state index in [1.807, 2.05) is 6.07 Å². The van der Waals surface area contributed by atoms with Crippen molar-refractivity contribution in [3.63, 3.8) is 0 Å². The molecule has 1 unspecified atom stereocenters. The lowest BCUT2D eigenvalue weighted by molar-refractivity contribution is 0.117. The number of fused-ring (bicyclic) bond motifs is 1. The van der Waals surface area contributed by atoms with E-state index in [1.54, 1.807) is 0 Å². The first-order valence-electron chi connectivity index (χ1n) is 10.1. The Morgan fingerprint density at radius 3 is 2.81 bits per heavy atom. The Labute approximate surface area is 161 Å². The normalized spacial score (nSPS) is 23.1. The van der Waals surface area contributed by atoms with Crippen LogP contribution in [0.25, 0.3) is 0 Å². The molecule has 27 heavy (non-hydrogen) atoms. The molecule has 2 saturated heterocycles. The van der Waals surface area contributed by atoms with Crippen molar-refractivity contribution in [2.75, 3.05) is 52.7 Å². The summed E-state index contributed by atoms with van der Waals surface area (Å²) < 4.78 is 16.6. The summed E-state index contributed by atoms with van der Waals surface area (Å²) in [5.41, 5.74) is 1.27. The first-order valence-corrected chi connectivity index (χ1v) is 10.1. The lowest BCUT2D eigenvalue weighted by Crippen LogP contribution is -2.52. The first-order chi connectivity index (χ1) is 13.3. The molecule has 3 aliphatic rings. The fraction of sp³-hybridized carbons (Fsp3) is 0.650. The molecule has 0 aromatic heterocycles. The van der Waals surface area contributed by atoms with E-state index < -0.39 is 0 Å². The summed E-state index contributed by atoms with van der Waals surface area (Å²) in [7, 11) is 0. The molecule has 2 fully saturated rings. The van der Waals surface area contributed by atoms with E-state index in [2.05, 4.69) is 34.2 Å². The van der Waals surface area contributed by atoms with Crippen molar-refractivity contribution in [2.45, 2.75) is 32.4 Å². The van der Waals surface area contributed by atoms with Gasteiger partial charge in [-0.25, -0.2) is 0 Å². The zero-order chi connectivity index (χ0) is 18.5. The Bertz CT molecular complexity index is 653. The van der Waals surface area contributed by atoms with E-state index in [1.165, 1.54) is 5.56 Å². The number of benzene rings is 1. The largest absolute Gasteiger partial charge is 0.454 e. The quantitative estimate of drug-likeness (QED) is 0.625. The van der Waals surface area contributed by atoms with Gasteiger partial charge in [0.05, 0.1) is 12.6 Å². The molecule has 0 saturated carbocycles. The lowest BCUT2D eigenvalue weighted by atomic mass is 10.1. The van der Waals surface area contributed by atoms with Crippen molar-refractivity contribution in [2.24, 2.45) is 4.99 Å². The number of nitrogens with one attached hydrogen (secondary N) is 1. The van der Waals surface area contributed by atoms with Crippen LogP contribution in [0, 0.1) is 0 Å². The summed E-state index contributed by atoms with van der Waals surface area (Å²) in [5, 5.41) is 3.44. The van der Waals surface area contributed by atoms with Gasteiger partial charge in [0, 0.05) is 45.9 Å². The van der Waals surface area contributed by atoms with Gasteiger partial charge in [-0.2, -0.15) is 0 Å². The molecule has 1 aromatic carbocycles. The number of guanidine groups is 1. The van der Waals surface area contributed by atoms with Crippen molar-refractivity contribution in [3.05, 3.63) is 23.8 Å². The Morgan fingerprint density at radius 1 is 1.19 bits per heavy atom. The van der Waals surface area contributed by atoms with Crippen LogP contribution in [0.15, 0.2) is 23.2 Å². The highest BCUT2D eigenvalue weighted by atomic mass is 16.7. The van der Waals surface area contributed by atoms with Crippen molar-refractivity contribution in [3.8, 4) is 11.5 Å². The molecule has 0 spiro atoms. The fourth-order valence-corrected chi connectivity index (χ4v) is 3.82. The molecule has 4 rings (SSSR count). The van der Waals surface area contributed by atoms with Gasteiger partial charge in [0.2, 0.25) is 6.79 Å². The van der Waals surface area contributed by atoms with Crippen LogP contribution >= 0.6 is 0 Å². The standard InChI is InChI=1S/C20H30N4O3/c1-2-21-20(22-13-17-4-3-11-25-17)24-9-7-23(8-10-24)14-16-5-6-18-19(12-16)27-15-26-18/h5-6,12,17H,2-4,7-11,13-15H2,1H3,(H,21,22). The van der Waals surface area contributed by atoms with Crippen LogP contribution in [0.4, 0.5) is 0 Å². The predicted octanol–water partition coefficient (Wildman–Crippen LogP) is 1.68. The smallest absolute Gasteiger partial charge is 0.231 e. The number of piperazine rings is 1. The van der Waals surface area contributed by atoms with Crippen LogP contribution in [0.1, 0.15) is 25.3 Å². The Hall–Kier alpha value is -1.99. The van der Waals surface area contributed by atoms with Crippen molar-refractivity contribution >= 4 is 5.96 Å². The highest BCUT2D eigenvalue weighted by Gasteiger charge is 2.22. The Balaban J connectivity index is 1.29. The van der Waals surface area contributed by atoms with Crippen LogP contribution in [0.5, 0.6) is 11.5 Å². The van der Waals surface area contributed by atoms with Gasteiger partial charge in [0.15, 0.2) is 17.5 Å².